The number of amides is 1. The van der Waals surface area contributed by atoms with Gasteiger partial charge in [-0.15, -0.1) is 0 Å². The van der Waals surface area contributed by atoms with Gasteiger partial charge in [0.05, 0.1) is 0 Å². The van der Waals surface area contributed by atoms with E-state index < -0.39 is 5.91 Å². The Balaban J connectivity index is 2.43. The van der Waals surface area contributed by atoms with Gasteiger partial charge in [-0.05, 0) is 42.7 Å². The zero-order chi connectivity index (χ0) is 12.4. The summed E-state index contributed by atoms with van der Waals surface area (Å²) in [5.74, 6) is -0.392. The Kier molecular flexibility index (Phi) is 2.96. The second-order valence-electron chi connectivity index (χ2n) is 4.26. The van der Waals surface area contributed by atoms with Crippen molar-refractivity contribution in [2.45, 2.75) is 13.8 Å². The molecule has 0 atom stereocenters. The number of primary amides is 1. The number of hydrogen-bond acceptors (Lipinski definition) is 1. The van der Waals surface area contributed by atoms with E-state index in [-0.39, 0.29) is 0 Å². The molecule has 2 rings (SSSR count). The standard InChI is InChI=1S/C15H15NO/c1-10-3-8-14(11(2)9-10)12-4-6-13(7-5-12)15(16)17/h3-9H,1-2H3,(H2,16,17). The maximum absolute atomic E-state index is 11.0. The summed E-state index contributed by atoms with van der Waals surface area (Å²) in [6.07, 6.45) is 0. The minimum absolute atomic E-state index is 0.392. The summed E-state index contributed by atoms with van der Waals surface area (Å²) in [5.41, 5.74) is 10.5. The van der Waals surface area contributed by atoms with Gasteiger partial charge in [-0.1, -0.05) is 35.9 Å². The van der Waals surface area contributed by atoms with Crippen molar-refractivity contribution < 1.29 is 4.79 Å². The topological polar surface area (TPSA) is 43.1 Å². The summed E-state index contributed by atoms with van der Waals surface area (Å²) in [4.78, 5) is 11.0. The summed E-state index contributed by atoms with van der Waals surface area (Å²) in [5, 5.41) is 0. The second-order valence-corrected chi connectivity index (χ2v) is 4.26. The molecule has 0 heterocycles. The summed E-state index contributed by atoms with van der Waals surface area (Å²) < 4.78 is 0. The van der Waals surface area contributed by atoms with E-state index in [1.807, 2.05) is 12.1 Å². The highest BCUT2D eigenvalue weighted by Crippen LogP contribution is 2.24. The minimum atomic E-state index is -0.392. The molecule has 2 heteroatoms. The summed E-state index contributed by atoms with van der Waals surface area (Å²) in [6, 6.07) is 13.7. The largest absolute Gasteiger partial charge is 0.366 e. The normalized spacial score (nSPS) is 10.2. The number of nitrogens with two attached hydrogens (primary N) is 1. The molecule has 0 fully saturated rings. The van der Waals surface area contributed by atoms with Crippen LogP contribution >= 0.6 is 0 Å². The first-order chi connectivity index (χ1) is 8.08. The van der Waals surface area contributed by atoms with E-state index in [2.05, 4.69) is 32.0 Å². The SMILES string of the molecule is Cc1ccc(-c2ccc(C(N)=O)cc2)c(C)c1. The van der Waals surface area contributed by atoms with Crippen LogP contribution in [0, 0.1) is 13.8 Å². The van der Waals surface area contributed by atoms with Gasteiger partial charge in [0.2, 0.25) is 5.91 Å². The van der Waals surface area contributed by atoms with Crippen LogP contribution in [-0.2, 0) is 0 Å². The molecule has 0 aliphatic carbocycles. The highest BCUT2D eigenvalue weighted by Gasteiger charge is 2.04. The van der Waals surface area contributed by atoms with Crippen molar-refractivity contribution in [2.24, 2.45) is 5.73 Å². The van der Waals surface area contributed by atoms with Gasteiger partial charge in [0.25, 0.3) is 0 Å². The number of benzene rings is 2. The van der Waals surface area contributed by atoms with Crippen LogP contribution in [0.1, 0.15) is 21.5 Å². The molecule has 2 aromatic rings. The van der Waals surface area contributed by atoms with Crippen molar-refractivity contribution >= 4 is 5.91 Å². The molecule has 0 saturated heterocycles. The quantitative estimate of drug-likeness (QED) is 0.838. The van der Waals surface area contributed by atoms with Crippen LogP contribution in [-0.4, -0.2) is 5.91 Å². The fourth-order valence-corrected chi connectivity index (χ4v) is 1.95. The van der Waals surface area contributed by atoms with Crippen LogP contribution in [0.3, 0.4) is 0 Å². The van der Waals surface area contributed by atoms with Gasteiger partial charge in [-0.3, -0.25) is 4.79 Å². The van der Waals surface area contributed by atoms with Gasteiger partial charge in [-0.25, -0.2) is 0 Å². The third-order valence-electron chi connectivity index (χ3n) is 2.86. The highest BCUT2D eigenvalue weighted by atomic mass is 16.1. The molecule has 17 heavy (non-hydrogen) atoms. The monoisotopic (exact) mass is 225 g/mol. The molecule has 0 aliphatic heterocycles. The summed E-state index contributed by atoms with van der Waals surface area (Å²) in [6.45, 7) is 4.16. The van der Waals surface area contributed by atoms with Crippen molar-refractivity contribution in [3.8, 4) is 11.1 Å². The fraction of sp³-hybridized carbons (Fsp3) is 0.133. The van der Waals surface area contributed by atoms with Crippen molar-refractivity contribution in [1.82, 2.24) is 0 Å². The molecule has 2 N–H and O–H groups in total. The van der Waals surface area contributed by atoms with E-state index >= 15 is 0 Å². The van der Waals surface area contributed by atoms with Crippen LogP contribution in [0.25, 0.3) is 11.1 Å². The van der Waals surface area contributed by atoms with Crippen molar-refractivity contribution in [2.75, 3.05) is 0 Å². The Morgan fingerprint density at radius 1 is 1.00 bits per heavy atom. The van der Waals surface area contributed by atoms with E-state index in [1.54, 1.807) is 12.1 Å². The average Bonchev–Trinajstić information content (AvgIpc) is 2.29. The lowest BCUT2D eigenvalue weighted by molar-refractivity contribution is 0.100. The van der Waals surface area contributed by atoms with Crippen LogP contribution in [0.15, 0.2) is 42.5 Å². The Morgan fingerprint density at radius 3 is 2.18 bits per heavy atom. The smallest absolute Gasteiger partial charge is 0.248 e. The van der Waals surface area contributed by atoms with Gasteiger partial charge in [0, 0.05) is 5.56 Å². The van der Waals surface area contributed by atoms with E-state index in [0.29, 0.717) is 5.56 Å². The van der Waals surface area contributed by atoms with E-state index in [4.69, 9.17) is 5.73 Å². The Hall–Kier alpha value is -2.09. The van der Waals surface area contributed by atoms with Gasteiger partial charge >= 0.3 is 0 Å². The van der Waals surface area contributed by atoms with E-state index in [9.17, 15) is 4.79 Å². The Bertz CT molecular complexity index is 556. The summed E-state index contributed by atoms with van der Waals surface area (Å²) >= 11 is 0. The summed E-state index contributed by atoms with van der Waals surface area (Å²) in [7, 11) is 0. The molecule has 0 bridgehead atoms. The number of carbonyl (C=O) groups excluding carboxylic acids is 1. The lowest BCUT2D eigenvalue weighted by Gasteiger charge is -2.07. The van der Waals surface area contributed by atoms with Gasteiger partial charge in [0.15, 0.2) is 0 Å². The van der Waals surface area contributed by atoms with Crippen LogP contribution in [0.4, 0.5) is 0 Å². The first kappa shape index (κ1) is 11.4. The average molecular weight is 225 g/mol. The van der Waals surface area contributed by atoms with Crippen LogP contribution in [0.2, 0.25) is 0 Å². The Labute approximate surface area is 101 Å². The lowest BCUT2D eigenvalue weighted by Crippen LogP contribution is -2.10. The second kappa shape index (κ2) is 4.42. The van der Waals surface area contributed by atoms with Crippen LogP contribution in [0.5, 0.6) is 0 Å². The first-order valence-corrected chi connectivity index (χ1v) is 5.55. The molecule has 2 aromatic carbocycles. The van der Waals surface area contributed by atoms with Gasteiger partial charge < -0.3 is 5.73 Å². The molecule has 1 amide bonds. The van der Waals surface area contributed by atoms with Crippen molar-refractivity contribution in [3.63, 3.8) is 0 Å². The molecular formula is C15H15NO. The molecule has 0 aliphatic rings. The van der Waals surface area contributed by atoms with E-state index in [1.165, 1.54) is 16.7 Å². The van der Waals surface area contributed by atoms with Crippen LogP contribution < -0.4 is 5.73 Å². The molecule has 0 radical (unpaired) electrons. The predicted octanol–water partition coefficient (Wildman–Crippen LogP) is 3.07. The van der Waals surface area contributed by atoms with E-state index in [0.717, 1.165) is 5.56 Å². The molecule has 0 unspecified atom stereocenters. The minimum Gasteiger partial charge on any atom is -0.366 e. The highest BCUT2D eigenvalue weighted by molar-refractivity contribution is 5.93. The zero-order valence-corrected chi connectivity index (χ0v) is 10.0. The fourth-order valence-electron chi connectivity index (χ4n) is 1.95. The maximum Gasteiger partial charge on any atom is 0.248 e. The molecule has 86 valence electrons. The molecular weight excluding hydrogens is 210 g/mol. The molecule has 2 nitrogen and oxygen atoms in total. The predicted molar refractivity (Wildman–Crippen MR) is 69.9 cm³/mol. The number of rotatable bonds is 2. The number of aryl methyl sites for hydroxylation is 2. The zero-order valence-electron chi connectivity index (χ0n) is 10.0. The number of hydrogen-bond donors (Lipinski definition) is 1. The maximum atomic E-state index is 11.0. The van der Waals surface area contributed by atoms with Crippen molar-refractivity contribution in [1.29, 1.82) is 0 Å². The third-order valence-corrected chi connectivity index (χ3v) is 2.86. The van der Waals surface area contributed by atoms with Crippen molar-refractivity contribution in [3.05, 3.63) is 59.2 Å². The lowest BCUT2D eigenvalue weighted by atomic mass is 9.98. The third kappa shape index (κ3) is 2.36. The first-order valence-electron chi connectivity index (χ1n) is 5.55. The number of carbonyl (C=O) groups is 1. The molecule has 0 spiro atoms. The molecule has 0 aromatic heterocycles. The van der Waals surface area contributed by atoms with Gasteiger partial charge in [-0.2, -0.15) is 0 Å². The van der Waals surface area contributed by atoms with Gasteiger partial charge in [0.1, 0.15) is 0 Å². The Morgan fingerprint density at radius 2 is 1.65 bits per heavy atom. The molecule has 0 saturated carbocycles.